The van der Waals surface area contributed by atoms with Crippen LogP contribution < -0.4 is 11.3 Å². The molecule has 2 aliphatic rings. The summed E-state index contributed by atoms with van der Waals surface area (Å²) in [6.07, 6.45) is 5.41. The number of H-pyrrole nitrogens is 1. The molecule has 0 spiro atoms. The van der Waals surface area contributed by atoms with Crippen molar-refractivity contribution in [3.05, 3.63) is 71.9 Å². The first-order valence-corrected chi connectivity index (χ1v) is 11.4. The average Bonchev–Trinajstić information content (AvgIpc) is 3.25. The van der Waals surface area contributed by atoms with Gasteiger partial charge in [0.1, 0.15) is 0 Å². The zero-order chi connectivity index (χ0) is 22.7. The van der Waals surface area contributed by atoms with E-state index in [0.29, 0.717) is 6.04 Å². The number of hydrazine groups is 1. The molecule has 2 aromatic carbocycles. The lowest BCUT2D eigenvalue weighted by atomic mass is 9.79. The van der Waals surface area contributed by atoms with Crippen molar-refractivity contribution < 1.29 is 4.79 Å². The van der Waals surface area contributed by atoms with E-state index in [0.717, 1.165) is 31.7 Å². The number of fused-ring (bicyclic) bond motifs is 2. The Balaban J connectivity index is 0.000000290. The first-order chi connectivity index (χ1) is 15.6. The van der Waals surface area contributed by atoms with E-state index < -0.39 is 0 Å². The van der Waals surface area contributed by atoms with Gasteiger partial charge in [-0.2, -0.15) is 0 Å². The Morgan fingerprint density at radius 1 is 1.15 bits per heavy atom. The van der Waals surface area contributed by atoms with Gasteiger partial charge in [-0.3, -0.25) is 15.5 Å². The van der Waals surface area contributed by atoms with Crippen LogP contribution in [0.4, 0.5) is 5.69 Å². The first-order valence-electron chi connectivity index (χ1n) is 11.4. The highest BCUT2D eigenvalue weighted by atomic mass is 35.5. The zero-order valence-electron chi connectivity index (χ0n) is 19.5. The van der Waals surface area contributed by atoms with Crippen molar-refractivity contribution >= 4 is 40.5 Å². The molecule has 2 heterocycles. The number of nitrogens with zero attached hydrogens (tertiary/aromatic N) is 2. The van der Waals surface area contributed by atoms with E-state index in [4.69, 9.17) is 5.84 Å². The minimum Gasteiger partial charge on any atom is -0.361 e. The maximum absolute atomic E-state index is 12.9. The monoisotopic (exact) mass is 467 g/mol. The van der Waals surface area contributed by atoms with Gasteiger partial charge >= 0.3 is 0 Å². The third kappa shape index (κ3) is 4.93. The van der Waals surface area contributed by atoms with E-state index in [1.54, 1.807) is 0 Å². The average molecular weight is 468 g/mol. The molecular weight excluding hydrogens is 434 g/mol. The van der Waals surface area contributed by atoms with Crippen LogP contribution in [0.3, 0.4) is 0 Å². The number of amides is 1. The Morgan fingerprint density at radius 2 is 1.88 bits per heavy atom. The number of nitrogen functional groups attached to an aromatic ring is 1. The van der Waals surface area contributed by atoms with Crippen molar-refractivity contribution in [1.29, 1.82) is 0 Å². The molecule has 0 saturated heterocycles. The fourth-order valence-electron chi connectivity index (χ4n) is 4.91. The number of carbonyl (C=O) groups is 1. The molecule has 6 nitrogen and oxygen atoms in total. The fraction of sp³-hybridized carbons (Fsp3) is 0.346. The van der Waals surface area contributed by atoms with Crippen molar-refractivity contribution in [2.45, 2.75) is 26.3 Å². The fourth-order valence-corrected chi connectivity index (χ4v) is 4.91. The number of anilines is 1. The summed E-state index contributed by atoms with van der Waals surface area (Å²) < 4.78 is 0. The van der Waals surface area contributed by atoms with Crippen LogP contribution >= 0.6 is 12.4 Å². The molecule has 0 unspecified atom stereocenters. The van der Waals surface area contributed by atoms with E-state index >= 15 is 0 Å². The number of hydrogen-bond acceptors (Lipinski definition) is 4. The van der Waals surface area contributed by atoms with Crippen molar-refractivity contribution in [3.8, 4) is 0 Å². The summed E-state index contributed by atoms with van der Waals surface area (Å²) in [6, 6.07) is 16.4. The van der Waals surface area contributed by atoms with Crippen molar-refractivity contribution in [3.63, 3.8) is 0 Å². The first kappa shape index (κ1) is 24.8. The predicted octanol–water partition coefficient (Wildman–Crippen LogP) is 4.30. The number of aromatic amines is 1. The maximum atomic E-state index is 12.9. The molecule has 176 valence electrons. The van der Waals surface area contributed by atoms with Gasteiger partial charge in [-0.25, -0.2) is 0 Å². The molecular formula is C26H34ClN5O. The number of aromatic nitrogens is 1. The topological polar surface area (TPSA) is 77.4 Å². The van der Waals surface area contributed by atoms with Gasteiger partial charge in [0.2, 0.25) is 5.91 Å². The number of likely N-dealkylation sites (N-methyl/N-ethyl adjacent to an activating group) is 1. The van der Waals surface area contributed by atoms with E-state index in [2.05, 4.69) is 66.7 Å². The quantitative estimate of drug-likeness (QED) is 0.395. The standard InChI is InChI=1S/C20H25N3O.C6H8N2.ClH/c1-4-23(5-2)20(24)14-9-16-15-7-6-8-17-19(15)13(11-21-17)10-18(16)22(3)12-14;7-8-6-4-2-1-3-5-6;/h6-9,11,14,18,21H,4-5,10,12H2,1-3H3;1-5,8H,7H2;1H/t14-,18-;;/m1../s1. The summed E-state index contributed by atoms with van der Waals surface area (Å²) in [5, 5.41) is 1.34. The minimum atomic E-state index is -0.0445. The van der Waals surface area contributed by atoms with Gasteiger partial charge in [-0.05, 0) is 62.2 Å². The normalized spacial score (nSPS) is 18.8. The summed E-state index contributed by atoms with van der Waals surface area (Å²) in [5.74, 6) is 5.31. The van der Waals surface area contributed by atoms with Crippen molar-refractivity contribution in [2.75, 3.05) is 32.1 Å². The third-order valence-electron chi connectivity index (χ3n) is 6.60. The molecule has 0 bridgehead atoms. The molecule has 3 aromatic rings. The second-order valence-electron chi connectivity index (χ2n) is 8.45. The van der Waals surface area contributed by atoms with Crippen molar-refractivity contribution in [1.82, 2.24) is 14.8 Å². The molecule has 0 fully saturated rings. The maximum Gasteiger partial charge on any atom is 0.230 e. The number of carbonyl (C=O) groups excluding carboxylic acids is 1. The Hall–Kier alpha value is -2.80. The summed E-state index contributed by atoms with van der Waals surface area (Å²) in [4.78, 5) is 20.6. The van der Waals surface area contributed by atoms with E-state index in [9.17, 15) is 4.79 Å². The second kappa shape index (κ2) is 10.9. The number of halogens is 1. The number of nitrogens with two attached hydrogens (primary N) is 1. The van der Waals surface area contributed by atoms with Crippen molar-refractivity contribution in [2.24, 2.45) is 11.8 Å². The summed E-state index contributed by atoms with van der Waals surface area (Å²) in [5.41, 5.74) is 8.67. The van der Waals surface area contributed by atoms with Crippen LogP contribution in [0, 0.1) is 5.92 Å². The second-order valence-corrected chi connectivity index (χ2v) is 8.45. The van der Waals surface area contributed by atoms with Crippen LogP contribution in [-0.2, 0) is 11.2 Å². The van der Waals surface area contributed by atoms with Crippen LogP contribution in [-0.4, -0.2) is 53.4 Å². The van der Waals surface area contributed by atoms with Crippen LogP contribution in [0.5, 0.6) is 0 Å². The summed E-state index contributed by atoms with van der Waals surface area (Å²) in [7, 11) is 2.15. The lowest BCUT2D eigenvalue weighted by Crippen LogP contribution is -2.47. The van der Waals surface area contributed by atoms with Gasteiger partial charge in [-0.15, -0.1) is 12.4 Å². The molecule has 2 atom stereocenters. The highest BCUT2D eigenvalue weighted by Crippen LogP contribution is 2.40. The summed E-state index contributed by atoms with van der Waals surface area (Å²) >= 11 is 0. The van der Waals surface area contributed by atoms with E-state index in [1.807, 2.05) is 35.2 Å². The molecule has 1 aromatic heterocycles. The number of benzene rings is 2. The molecule has 0 saturated carbocycles. The lowest BCUT2D eigenvalue weighted by molar-refractivity contribution is -0.134. The molecule has 33 heavy (non-hydrogen) atoms. The van der Waals surface area contributed by atoms with Crippen LogP contribution in [0.1, 0.15) is 25.0 Å². The number of hydrogen-bond donors (Lipinski definition) is 3. The Morgan fingerprint density at radius 3 is 2.52 bits per heavy atom. The Kier molecular flexibility index (Phi) is 8.19. The number of rotatable bonds is 4. The predicted molar refractivity (Wildman–Crippen MR) is 139 cm³/mol. The van der Waals surface area contributed by atoms with Crippen LogP contribution in [0.25, 0.3) is 16.5 Å². The van der Waals surface area contributed by atoms with E-state index in [1.165, 1.54) is 27.6 Å². The minimum absolute atomic E-state index is 0. The largest absolute Gasteiger partial charge is 0.361 e. The Bertz CT molecular complexity index is 1110. The van der Waals surface area contributed by atoms with Gasteiger partial charge in [0.15, 0.2) is 0 Å². The molecule has 5 rings (SSSR count). The lowest BCUT2D eigenvalue weighted by Gasteiger charge is -2.40. The summed E-state index contributed by atoms with van der Waals surface area (Å²) in [6.45, 7) is 6.47. The van der Waals surface area contributed by atoms with Crippen LogP contribution in [0.2, 0.25) is 0 Å². The molecule has 1 aliphatic heterocycles. The molecule has 1 aliphatic carbocycles. The molecule has 1 amide bonds. The third-order valence-corrected chi connectivity index (χ3v) is 6.60. The van der Waals surface area contributed by atoms with Gasteiger partial charge in [0, 0.05) is 48.5 Å². The zero-order valence-corrected chi connectivity index (χ0v) is 20.4. The van der Waals surface area contributed by atoms with Gasteiger partial charge in [-0.1, -0.05) is 36.4 Å². The van der Waals surface area contributed by atoms with Gasteiger partial charge in [0.05, 0.1) is 5.92 Å². The molecule has 0 radical (unpaired) electrons. The number of para-hydroxylation sites is 1. The van der Waals surface area contributed by atoms with Gasteiger partial charge in [0.25, 0.3) is 0 Å². The molecule has 7 heteroatoms. The number of nitrogens with one attached hydrogen (secondary N) is 2. The smallest absolute Gasteiger partial charge is 0.230 e. The highest BCUT2D eigenvalue weighted by molar-refractivity contribution is 5.99. The molecule has 4 N–H and O–H groups in total. The van der Waals surface area contributed by atoms with E-state index in [-0.39, 0.29) is 24.2 Å². The SMILES string of the molecule is CCN(CC)C(=O)[C@@H]1C=C2c3cccc4[nH]cc(c34)C[C@H]2N(C)C1.Cl.NNc1ccccc1. The van der Waals surface area contributed by atoms with Gasteiger partial charge < -0.3 is 15.3 Å². The Labute approximate surface area is 202 Å². The highest BCUT2D eigenvalue weighted by Gasteiger charge is 2.36. The van der Waals surface area contributed by atoms with Crippen LogP contribution in [0.15, 0.2) is 60.8 Å².